The highest BCUT2D eigenvalue weighted by atomic mass is 79.9. The summed E-state index contributed by atoms with van der Waals surface area (Å²) in [5.41, 5.74) is 0. The van der Waals surface area contributed by atoms with Crippen molar-refractivity contribution in [1.29, 1.82) is 0 Å². The van der Waals surface area contributed by atoms with Crippen molar-refractivity contribution in [2.75, 3.05) is 7.11 Å². The van der Waals surface area contributed by atoms with E-state index in [9.17, 15) is 4.79 Å². The zero-order valence-corrected chi connectivity index (χ0v) is 10.8. The predicted octanol–water partition coefficient (Wildman–Crippen LogP) is 3.36. The SMILES string of the molecule is COC(C(=O)c1sccc1Br)C(C)C. The number of hydrogen-bond donors (Lipinski definition) is 0. The van der Waals surface area contributed by atoms with Crippen LogP contribution in [0.5, 0.6) is 0 Å². The van der Waals surface area contributed by atoms with Crippen LogP contribution in [0.1, 0.15) is 23.5 Å². The van der Waals surface area contributed by atoms with Crippen LogP contribution in [0.3, 0.4) is 0 Å². The van der Waals surface area contributed by atoms with Gasteiger partial charge in [0.05, 0.1) is 4.88 Å². The molecule has 0 saturated carbocycles. The first-order chi connectivity index (χ1) is 6.57. The molecular weight excluding hydrogens is 264 g/mol. The number of Topliss-reactive ketones (excluding diaryl/α,β-unsaturated/α-hetero) is 1. The lowest BCUT2D eigenvalue weighted by atomic mass is 10.0. The van der Waals surface area contributed by atoms with Gasteiger partial charge in [0.2, 0.25) is 5.78 Å². The normalized spacial score (nSPS) is 13.2. The molecule has 78 valence electrons. The third-order valence-electron chi connectivity index (χ3n) is 1.96. The summed E-state index contributed by atoms with van der Waals surface area (Å²) in [6.07, 6.45) is -0.343. The average Bonchev–Trinajstić information content (AvgIpc) is 2.51. The second-order valence-electron chi connectivity index (χ2n) is 3.36. The van der Waals surface area contributed by atoms with Crippen molar-refractivity contribution in [3.63, 3.8) is 0 Å². The third kappa shape index (κ3) is 2.43. The van der Waals surface area contributed by atoms with Gasteiger partial charge in [-0.15, -0.1) is 11.3 Å². The number of methoxy groups -OCH3 is 1. The van der Waals surface area contributed by atoms with E-state index in [2.05, 4.69) is 15.9 Å². The molecule has 0 aliphatic carbocycles. The second kappa shape index (κ2) is 5.05. The van der Waals surface area contributed by atoms with Crippen molar-refractivity contribution in [3.05, 3.63) is 20.8 Å². The fourth-order valence-electron chi connectivity index (χ4n) is 1.28. The molecule has 1 aromatic rings. The summed E-state index contributed by atoms with van der Waals surface area (Å²) in [5.74, 6) is 0.255. The Labute approximate surface area is 96.4 Å². The molecule has 1 aromatic heterocycles. The summed E-state index contributed by atoms with van der Waals surface area (Å²) in [4.78, 5) is 12.7. The minimum atomic E-state index is -0.343. The van der Waals surface area contributed by atoms with Crippen LogP contribution in [0.4, 0.5) is 0 Å². The van der Waals surface area contributed by atoms with E-state index in [-0.39, 0.29) is 17.8 Å². The molecule has 0 spiro atoms. The lowest BCUT2D eigenvalue weighted by Crippen LogP contribution is -2.28. The molecule has 14 heavy (non-hydrogen) atoms. The van der Waals surface area contributed by atoms with Crippen molar-refractivity contribution in [2.24, 2.45) is 5.92 Å². The van der Waals surface area contributed by atoms with E-state index in [1.807, 2.05) is 25.3 Å². The number of carbonyl (C=O) groups is 1. The fraction of sp³-hybridized carbons (Fsp3) is 0.500. The summed E-state index contributed by atoms with van der Waals surface area (Å²) in [6.45, 7) is 3.96. The maximum Gasteiger partial charge on any atom is 0.202 e. The average molecular weight is 277 g/mol. The second-order valence-corrected chi connectivity index (χ2v) is 5.13. The van der Waals surface area contributed by atoms with Crippen molar-refractivity contribution >= 4 is 33.0 Å². The molecule has 1 heterocycles. The molecule has 1 atom stereocenters. The van der Waals surface area contributed by atoms with E-state index in [1.165, 1.54) is 11.3 Å². The van der Waals surface area contributed by atoms with Gasteiger partial charge in [-0.05, 0) is 33.3 Å². The number of halogens is 1. The number of thiophene rings is 1. The van der Waals surface area contributed by atoms with E-state index in [0.29, 0.717) is 0 Å². The monoisotopic (exact) mass is 276 g/mol. The first-order valence-electron chi connectivity index (χ1n) is 4.38. The molecule has 1 unspecified atom stereocenters. The van der Waals surface area contributed by atoms with Gasteiger partial charge in [0.25, 0.3) is 0 Å². The van der Waals surface area contributed by atoms with Crippen molar-refractivity contribution < 1.29 is 9.53 Å². The Hall–Kier alpha value is -0.190. The zero-order valence-electron chi connectivity index (χ0n) is 8.41. The molecule has 4 heteroatoms. The van der Waals surface area contributed by atoms with Gasteiger partial charge in [-0.2, -0.15) is 0 Å². The Balaban J connectivity index is 2.89. The van der Waals surface area contributed by atoms with E-state index < -0.39 is 0 Å². The van der Waals surface area contributed by atoms with Crippen LogP contribution in [0.15, 0.2) is 15.9 Å². The largest absolute Gasteiger partial charge is 0.373 e. The van der Waals surface area contributed by atoms with Gasteiger partial charge in [0.15, 0.2) is 0 Å². The quantitative estimate of drug-likeness (QED) is 0.789. The molecule has 0 aromatic carbocycles. The van der Waals surface area contributed by atoms with Crippen LogP contribution in [-0.2, 0) is 4.74 Å². The summed E-state index contributed by atoms with van der Waals surface area (Å²) in [6, 6.07) is 1.88. The molecule has 0 aliphatic heterocycles. The number of hydrogen-bond acceptors (Lipinski definition) is 3. The molecular formula is C10H13BrO2S. The van der Waals surface area contributed by atoms with Crippen molar-refractivity contribution in [1.82, 2.24) is 0 Å². The third-order valence-corrected chi connectivity index (χ3v) is 3.81. The van der Waals surface area contributed by atoms with Crippen molar-refractivity contribution in [2.45, 2.75) is 20.0 Å². The van der Waals surface area contributed by atoms with Crippen LogP contribution in [0, 0.1) is 5.92 Å². The van der Waals surface area contributed by atoms with Gasteiger partial charge in [-0.25, -0.2) is 0 Å². The van der Waals surface area contributed by atoms with Crippen LogP contribution >= 0.6 is 27.3 Å². The minimum Gasteiger partial charge on any atom is -0.373 e. The highest BCUT2D eigenvalue weighted by molar-refractivity contribution is 9.10. The molecule has 0 amide bonds. The number of carbonyl (C=O) groups excluding carboxylic acids is 1. The predicted molar refractivity (Wildman–Crippen MR) is 62.0 cm³/mol. The molecule has 0 aliphatic rings. The highest BCUT2D eigenvalue weighted by Gasteiger charge is 2.25. The summed E-state index contributed by atoms with van der Waals surface area (Å²) in [7, 11) is 1.57. The highest BCUT2D eigenvalue weighted by Crippen LogP contribution is 2.26. The molecule has 0 N–H and O–H groups in total. The smallest absolute Gasteiger partial charge is 0.202 e. The molecule has 2 nitrogen and oxygen atoms in total. The Morgan fingerprint density at radius 2 is 2.21 bits per heavy atom. The van der Waals surface area contributed by atoms with Gasteiger partial charge in [0.1, 0.15) is 6.10 Å². The number of ether oxygens (including phenoxy) is 1. The van der Waals surface area contributed by atoms with Crippen LogP contribution in [-0.4, -0.2) is 19.0 Å². The lowest BCUT2D eigenvalue weighted by molar-refractivity contribution is 0.0462. The fourth-order valence-corrected chi connectivity index (χ4v) is 2.82. The lowest BCUT2D eigenvalue weighted by Gasteiger charge is -2.16. The summed E-state index contributed by atoms with van der Waals surface area (Å²) >= 11 is 4.79. The first kappa shape index (κ1) is 11.9. The van der Waals surface area contributed by atoms with Crippen LogP contribution < -0.4 is 0 Å². The van der Waals surface area contributed by atoms with E-state index in [1.54, 1.807) is 7.11 Å². The van der Waals surface area contributed by atoms with Gasteiger partial charge in [0, 0.05) is 11.6 Å². The Bertz CT molecular complexity index is 320. The van der Waals surface area contributed by atoms with Gasteiger partial charge < -0.3 is 4.74 Å². The van der Waals surface area contributed by atoms with Gasteiger partial charge in [-0.3, -0.25) is 4.79 Å². The standard InChI is InChI=1S/C10H13BrO2S/c1-6(2)9(13-3)8(12)10-7(11)4-5-14-10/h4-6,9H,1-3H3. The maximum absolute atomic E-state index is 12.0. The topological polar surface area (TPSA) is 26.3 Å². The first-order valence-corrected chi connectivity index (χ1v) is 6.05. The Morgan fingerprint density at radius 1 is 1.57 bits per heavy atom. The van der Waals surface area contributed by atoms with Crippen molar-refractivity contribution in [3.8, 4) is 0 Å². The molecule has 0 radical (unpaired) electrons. The Morgan fingerprint density at radius 3 is 2.57 bits per heavy atom. The van der Waals surface area contributed by atoms with E-state index >= 15 is 0 Å². The van der Waals surface area contributed by atoms with E-state index in [0.717, 1.165) is 9.35 Å². The molecule has 0 saturated heterocycles. The zero-order chi connectivity index (χ0) is 10.7. The molecule has 1 rings (SSSR count). The van der Waals surface area contributed by atoms with Crippen LogP contribution in [0.25, 0.3) is 0 Å². The number of ketones is 1. The summed E-state index contributed by atoms with van der Waals surface area (Å²) < 4.78 is 6.05. The minimum absolute atomic E-state index is 0.0596. The van der Waals surface area contributed by atoms with E-state index in [4.69, 9.17) is 4.74 Å². The Kier molecular flexibility index (Phi) is 4.29. The molecule has 0 fully saturated rings. The van der Waals surface area contributed by atoms with Crippen LogP contribution in [0.2, 0.25) is 0 Å². The van der Waals surface area contributed by atoms with Gasteiger partial charge in [-0.1, -0.05) is 13.8 Å². The maximum atomic E-state index is 12.0. The number of rotatable bonds is 4. The summed E-state index contributed by atoms with van der Waals surface area (Å²) in [5, 5.41) is 1.89. The van der Waals surface area contributed by atoms with Gasteiger partial charge >= 0.3 is 0 Å². The molecule has 0 bridgehead atoms.